The molecule has 3 rings (SSSR count). The fraction of sp³-hybridized carbons (Fsp3) is 0.429. The molecular formula is C21H26FN3O3S. The number of hydrogen-bond acceptors (Lipinski definition) is 6. The number of amides is 1. The van der Waals surface area contributed by atoms with Crippen LogP contribution in [0.15, 0.2) is 24.3 Å². The zero-order valence-electron chi connectivity index (χ0n) is 17.0. The number of anilines is 1. The lowest BCUT2D eigenvalue weighted by molar-refractivity contribution is -0.117. The van der Waals surface area contributed by atoms with Crippen LogP contribution in [-0.2, 0) is 16.1 Å². The third-order valence-corrected chi connectivity index (χ3v) is 6.28. The highest BCUT2D eigenvalue weighted by Crippen LogP contribution is 2.32. The SMILES string of the molecule is COC(=O)c1c(NC(=O)CN2CCN(Cc3cccc(F)c3)CC2)sc(C)c1C. The van der Waals surface area contributed by atoms with E-state index in [1.165, 1.54) is 24.5 Å². The Labute approximate surface area is 174 Å². The molecule has 1 fully saturated rings. The van der Waals surface area contributed by atoms with Crippen LogP contribution in [0.1, 0.15) is 26.4 Å². The fourth-order valence-corrected chi connectivity index (χ4v) is 4.50. The molecule has 29 heavy (non-hydrogen) atoms. The molecule has 0 atom stereocenters. The number of benzene rings is 1. The van der Waals surface area contributed by atoms with Crippen LogP contribution in [0.2, 0.25) is 0 Å². The summed E-state index contributed by atoms with van der Waals surface area (Å²) in [5, 5.41) is 3.42. The summed E-state index contributed by atoms with van der Waals surface area (Å²) in [5.41, 5.74) is 2.22. The molecule has 0 unspecified atom stereocenters. The number of esters is 1. The number of halogens is 1. The number of aryl methyl sites for hydroxylation is 1. The van der Waals surface area contributed by atoms with Crippen LogP contribution in [0.4, 0.5) is 9.39 Å². The van der Waals surface area contributed by atoms with E-state index in [9.17, 15) is 14.0 Å². The summed E-state index contributed by atoms with van der Waals surface area (Å²) in [6.45, 7) is 7.89. The van der Waals surface area contributed by atoms with Gasteiger partial charge in [-0.2, -0.15) is 0 Å². The van der Waals surface area contributed by atoms with E-state index in [1.807, 2.05) is 19.9 Å². The molecule has 0 aliphatic carbocycles. The van der Waals surface area contributed by atoms with Crippen LogP contribution in [0, 0.1) is 19.7 Å². The number of rotatable bonds is 6. The van der Waals surface area contributed by atoms with Gasteiger partial charge in [-0.15, -0.1) is 11.3 Å². The summed E-state index contributed by atoms with van der Waals surface area (Å²) < 4.78 is 18.2. The molecule has 1 aromatic heterocycles. The second-order valence-electron chi connectivity index (χ2n) is 7.21. The molecular weight excluding hydrogens is 393 g/mol. The minimum atomic E-state index is -0.437. The first kappa shape index (κ1) is 21.4. The van der Waals surface area contributed by atoms with Crippen LogP contribution < -0.4 is 5.32 Å². The topological polar surface area (TPSA) is 61.9 Å². The second kappa shape index (κ2) is 9.47. The van der Waals surface area contributed by atoms with Gasteiger partial charge in [-0.1, -0.05) is 12.1 Å². The van der Waals surface area contributed by atoms with Crippen molar-refractivity contribution in [2.45, 2.75) is 20.4 Å². The first-order chi connectivity index (χ1) is 13.9. The van der Waals surface area contributed by atoms with Gasteiger partial charge in [0.05, 0.1) is 19.2 Å². The summed E-state index contributed by atoms with van der Waals surface area (Å²) in [4.78, 5) is 29.9. The molecule has 1 aliphatic heterocycles. The van der Waals surface area contributed by atoms with E-state index >= 15 is 0 Å². The van der Waals surface area contributed by atoms with Crippen molar-refractivity contribution in [1.29, 1.82) is 0 Å². The number of hydrogen-bond donors (Lipinski definition) is 1. The molecule has 2 aromatic rings. The third kappa shape index (κ3) is 5.41. The van der Waals surface area contributed by atoms with Crippen molar-refractivity contribution in [3.05, 3.63) is 51.7 Å². The molecule has 1 amide bonds. The van der Waals surface area contributed by atoms with Crippen molar-refractivity contribution in [3.63, 3.8) is 0 Å². The van der Waals surface area contributed by atoms with Gasteiger partial charge in [-0.05, 0) is 37.1 Å². The summed E-state index contributed by atoms with van der Waals surface area (Å²) in [6.07, 6.45) is 0. The van der Waals surface area contributed by atoms with Crippen LogP contribution in [0.3, 0.4) is 0 Å². The number of methoxy groups -OCH3 is 1. The van der Waals surface area contributed by atoms with E-state index in [4.69, 9.17) is 4.74 Å². The highest BCUT2D eigenvalue weighted by atomic mass is 32.1. The van der Waals surface area contributed by atoms with E-state index in [0.29, 0.717) is 17.1 Å². The van der Waals surface area contributed by atoms with Gasteiger partial charge in [0, 0.05) is 37.6 Å². The molecule has 6 nitrogen and oxygen atoms in total. The molecule has 1 N–H and O–H groups in total. The lowest BCUT2D eigenvalue weighted by Crippen LogP contribution is -2.48. The van der Waals surface area contributed by atoms with Crippen LogP contribution in [-0.4, -0.2) is 61.5 Å². The Bertz CT molecular complexity index is 891. The molecule has 1 aromatic carbocycles. The van der Waals surface area contributed by atoms with E-state index in [-0.39, 0.29) is 18.3 Å². The van der Waals surface area contributed by atoms with Crippen molar-refractivity contribution >= 4 is 28.2 Å². The monoisotopic (exact) mass is 419 g/mol. The van der Waals surface area contributed by atoms with Crippen molar-refractivity contribution in [1.82, 2.24) is 9.80 Å². The van der Waals surface area contributed by atoms with E-state index < -0.39 is 5.97 Å². The predicted octanol–water partition coefficient (Wildman–Crippen LogP) is 3.05. The van der Waals surface area contributed by atoms with Gasteiger partial charge >= 0.3 is 5.97 Å². The molecule has 0 bridgehead atoms. The normalized spacial score (nSPS) is 15.3. The lowest BCUT2D eigenvalue weighted by atomic mass is 10.1. The van der Waals surface area contributed by atoms with Gasteiger partial charge in [-0.25, -0.2) is 9.18 Å². The summed E-state index contributed by atoms with van der Waals surface area (Å²) >= 11 is 1.39. The van der Waals surface area contributed by atoms with Gasteiger partial charge < -0.3 is 10.1 Å². The minimum absolute atomic E-state index is 0.144. The number of carbonyl (C=O) groups excluding carboxylic acids is 2. The van der Waals surface area contributed by atoms with E-state index in [0.717, 1.165) is 42.2 Å². The van der Waals surface area contributed by atoms with Gasteiger partial charge in [0.1, 0.15) is 10.8 Å². The molecule has 0 saturated carbocycles. The number of piperazine rings is 1. The van der Waals surface area contributed by atoms with E-state index in [1.54, 1.807) is 12.1 Å². The van der Waals surface area contributed by atoms with Gasteiger partial charge in [0.15, 0.2) is 0 Å². The Morgan fingerprint density at radius 3 is 2.52 bits per heavy atom. The average molecular weight is 420 g/mol. The van der Waals surface area contributed by atoms with Crippen molar-refractivity contribution in [3.8, 4) is 0 Å². The molecule has 0 spiro atoms. The molecule has 8 heteroatoms. The zero-order chi connectivity index (χ0) is 21.0. The van der Waals surface area contributed by atoms with Crippen LogP contribution in [0.5, 0.6) is 0 Å². The largest absolute Gasteiger partial charge is 0.465 e. The molecule has 0 radical (unpaired) electrons. The number of nitrogens with zero attached hydrogens (tertiary/aromatic N) is 2. The number of nitrogens with one attached hydrogen (secondary N) is 1. The van der Waals surface area contributed by atoms with Crippen molar-refractivity contribution in [2.75, 3.05) is 45.2 Å². The first-order valence-corrected chi connectivity index (χ1v) is 10.4. The lowest BCUT2D eigenvalue weighted by Gasteiger charge is -2.34. The van der Waals surface area contributed by atoms with Gasteiger partial charge in [-0.3, -0.25) is 14.6 Å². The summed E-state index contributed by atoms with van der Waals surface area (Å²) in [6, 6.07) is 6.65. The maximum absolute atomic E-state index is 13.3. The highest BCUT2D eigenvalue weighted by molar-refractivity contribution is 7.16. The third-order valence-electron chi connectivity index (χ3n) is 5.16. The Hall–Kier alpha value is -2.29. The Morgan fingerprint density at radius 2 is 1.86 bits per heavy atom. The Morgan fingerprint density at radius 1 is 1.17 bits per heavy atom. The van der Waals surface area contributed by atoms with Gasteiger partial charge in [0.25, 0.3) is 0 Å². The van der Waals surface area contributed by atoms with E-state index in [2.05, 4.69) is 15.1 Å². The number of carbonyl (C=O) groups is 2. The van der Waals surface area contributed by atoms with Crippen LogP contribution >= 0.6 is 11.3 Å². The second-order valence-corrected chi connectivity index (χ2v) is 8.43. The molecule has 2 heterocycles. The fourth-order valence-electron chi connectivity index (χ4n) is 3.43. The number of ether oxygens (including phenoxy) is 1. The highest BCUT2D eigenvalue weighted by Gasteiger charge is 2.23. The summed E-state index contributed by atoms with van der Waals surface area (Å²) in [7, 11) is 1.34. The Balaban J connectivity index is 1.51. The Kier molecular flexibility index (Phi) is 7.00. The predicted molar refractivity (Wildman–Crippen MR) is 112 cm³/mol. The average Bonchev–Trinajstić information content (AvgIpc) is 2.96. The quantitative estimate of drug-likeness (QED) is 0.730. The maximum atomic E-state index is 13.3. The van der Waals surface area contributed by atoms with Crippen molar-refractivity contribution < 1.29 is 18.7 Å². The van der Waals surface area contributed by atoms with Crippen molar-refractivity contribution in [2.24, 2.45) is 0 Å². The minimum Gasteiger partial charge on any atom is -0.465 e. The first-order valence-electron chi connectivity index (χ1n) is 9.54. The number of thiophene rings is 1. The van der Waals surface area contributed by atoms with Crippen LogP contribution in [0.25, 0.3) is 0 Å². The molecule has 1 aliphatic rings. The molecule has 156 valence electrons. The zero-order valence-corrected chi connectivity index (χ0v) is 17.8. The maximum Gasteiger partial charge on any atom is 0.341 e. The van der Waals surface area contributed by atoms with Gasteiger partial charge in [0.2, 0.25) is 5.91 Å². The standard InChI is InChI=1S/C21H26FN3O3S/c1-14-15(2)29-20(19(14)21(27)28-3)23-18(26)13-25-9-7-24(8-10-25)12-16-5-4-6-17(22)11-16/h4-6,11H,7-10,12-13H2,1-3H3,(H,23,26). The smallest absolute Gasteiger partial charge is 0.341 e. The summed E-state index contributed by atoms with van der Waals surface area (Å²) in [5.74, 6) is -0.800. The molecule has 1 saturated heterocycles.